The molecule has 5 nitrogen and oxygen atoms in total. The quantitative estimate of drug-likeness (QED) is 0.752. The van der Waals surface area contributed by atoms with Gasteiger partial charge in [-0.15, -0.1) is 11.3 Å². The number of halogens is 1. The molecule has 27 heavy (non-hydrogen) atoms. The third kappa shape index (κ3) is 3.37. The smallest absolute Gasteiger partial charge is 0.128 e. The van der Waals surface area contributed by atoms with Crippen LogP contribution < -0.4 is 15.1 Å². The number of alkyl halides is 1. The lowest BCUT2D eigenvalue weighted by atomic mass is 10.2. The van der Waals surface area contributed by atoms with E-state index in [2.05, 4.69) is 33.4 Å². The van der Waals surface area contributed by atoms with Gasteiger partial charge in [-0.2, -0.15) is 0 Å². The average molecular weight is 383 g/mol. The number of rotatable bonds is 3. The van der Waals surface area contributed by atoms with E-state index in [1.54, 1.807) is 11.3 Å². The zero-order chi connectivity index (χ0) is 18.2. The Labute approximate surface area is 161 Å². The van der Waals surface area contributed by atoms with E-state index in [0.29, 0.717) is 13.0 Å². The summed E-state index contributed by atoms with van der Waals surface area (Å²) in [6.07, 6.45) is 1.72. The predicted molar refractivity (Wildman–Crippen MR) is 110 cm³/mol. The van der Waals surface area contributed by atoms with Crippen molar-refractivity contribution < 1.29 is 4.39 Å². The van der Waals surface area contributed by atoms with Crippen LogP contribution in [0, 0.1) is 0 Å². The molecule has 5 rings (SSSR count). The van der Waals surface area contributed by atoms with Crippen molar-refractivity contribution in [2.75, 3.05) is 49.1 Å². The van der Waals surface area contributed by atoms with Crippen LogP contribution in [0.3, 0.4) is 0 Å². The minimum atomic E-state index is -0.736. The van der Waals surface area contributed by atoms with Crippen LogP contribution in [0.2, 0.25) is 0 Å². The molecule has 1 atom stereocenters. The summed E-state index contributed by atoms with van der Waals surface area (Å²) >= 11 is 1.70. The summed E-state index contributed by atoms with van der Waals surface area (Å²) < 4.78 is 14.6. The second kappa shape index (κ2) is 7.05. The van der Waals surface area contributed by atoms with Crippen molar-refractivity contribution >= 4 is 33.1 Å². The van der Waals surface area contributed by atoms with Crippen LogP contribution in [-0.2, 0) is 0 Å². The molecule has 1 N–H and O–H groups in total. The fourth-order valence-electron chi connectivity index (χ4n) is 3.78. The number of fused-ring (bicyclic) bond motifs is 1. The fourth-order valence-corrected chi connectivity index (χ4v) is 4.77. The first kappa shape index (κ1) is 16.9. The lowest BCUT2D eigenvalue weighted by Crippen LogP contribution is -2.43. The Morgan fingerprint density at radius 1 is 1.07 bits per heavy atom. The third-order valence-electron chi connectivity index (χ3n) is 5.30. The first-order chi connectivity index (χ1) is 13.3. The van der Waals surface area contributed by atoms with Gasteiger partial charge in [-0.3, -0.25) is 0 Å². The van der Waals surface area contributed by atoms with E-state index < -0.39 is 6.17 Å². The maximum atomic E-state index is 13.4. The molecule has 1 unspecified atom stereocenters. The number of anilines is 2. The molecule has 2 saturated heterocycles. The minimum absolute atomic E-state index is 0.447. The summed E-state index contributed by atoms with van der Waals surface area (Å²) in [5.41, 5.74) is 3.31. The Balaban J connectivity index is 1.39. The zero-order valence-corrected chi connectivity index (χ0v) is 15.9. The predicted octanol–water partition coefficient (Wildman–Crippen LogP) is 3.32. The van der Waals surface area contributed by atoms with Crippen molar-refractivity contribution in [2.24, 2.45) is 0 Å². The first-order valence-electron chi connectivity index (χ1n) is 9.48. The van der Waals surface area contributed by atoms with Crippen molar-refractivity contribution in [3.63, 3.8) is 0 Å². The highest BCUT2D eigenvalue weighted by molar-refractivity contribution is 7.21. The van der Waals surface area contributed by atoms with Gasteiger partial charge >= 0.3 is 0 Å². The van der Waals surface area contributed by atoms with Crippen LogP contribution in [0.15, 0.2) is 36.5 Å². The van der Waals surface area contributed by atoms with E-state index in [9.17, 15) is 4.39 Å². The van der Waals surface area contributed by atoms with E-state index >= 15 is 0 Å². The normalized spacial score (nSPS) is 20.6. The number of nitrogens with one attached hydrogen (secondary N) is 1. The molecule has 2 fully saturated rings. The monoisotopic (exact) mass is 383 g/mol. The molecule has 3 aromatic rings. The van der Waals surface area contributed by atoms with Crippen LogP contribution in [0.5, 0.6) is 0 Å². The largest absolute Gasteiger partial charge is 0.369 e. The summed E-state index contributed by atoms with van der Waals surface area (Å²) in [4.78, 5) is 13.7. The average Bonchev–Trinajstić information content (AvgIpc) is 3.34. The summed E-state index contributed by atoms with van der Waals surface area (Å²) in [6, 6.07) is 10.5. The molecule has 0 radical (unpaired) electrons. The molecule has 0 bridgehead atoms. The minimum Gasteiger partial charge on any atom is -0.369 e. The number of hydrogen-bond donors (Lipinski definition) is 1. The van der Waals surface area contributed by atoms with Crippen molar-refractivity contribution in [3.05, 3.63) is 36.5 Å². The van der Waals surface area contributed by atoms with E-state index in [1.807, 2.05) is 23.2 Å². The molecule has 2 aromatic heterocycles. The highest BCUT2D eigenvalue weighted by atomic mass is 32.1. The third-order valence-corrected chi connectivity index (χ3v) is 6.37. The SMILES string of the molecule is FC1CCN(c2ccc(-c3nc4ccc(N5CCNCC5)cc4s3)cn2)C1. The molecule has 0 aliphatic carbocycles. The van der Waals surface area contributed by atoms with E-state index in [0.717, 1.165) is 54.6 Å². The van der Waals surface area contributed by atoms with Gasteiger partial charge in [0.15, 0.2) is 0 Å². The van der Waals surface area contributed by atoms with Gasteiger partial charge in [0, 0.05) is 50.2 Å². The van der Waals surface area contributed by atoms with Crippen molar-refractivity contribution in [1.29, 1.82) is 0 Å². The van der Waals surface area contributed by atoms with Gasteiger partial charge in [-0.05, 0) is 36.8 Å². The zero-order valence-electron chi connectivity index (χ0n) is 15.1. The van der Waals surface area contributed by atoms with Gasteiger partial charge in [0.05, 0.1) is 16.8 Å². The van der Waals surface area contributed by atoms with Gasteiger partial charge in [0.25, 0.3) is 0 Å². The number of thiazole rings is 1. The molecule has 0 spiro atoms. The second-order valence-electron chi connectivity index (χ2n) is 7.15. The van der Waals surface area contributed by atoms with Crippen LogP contribution >= 0.6 is 11.3 Å². The maximum absolute atomic E-state index is 13.4. The lowest BCUT2D eigenvalue weighted by molar-refractivity contribution is 0.364. The molecular weight excluding hydrogens is 361 g/mol. The molecule has 0 amide bonds. The van der Waals surface area contributed by atoms with E-state index in [1.165, 1.54) is 10.4 Å². The topological polar surface area (TPSA) is 44.3 Å². The van der Waals surface area contributed by atoms with E-state index in [4.69, 9.17) is 4.98 Å². The standard InChI is InChI=1S/C20H22FN5S/c21-15-5-8-26(13-15)19-4-1-14(12-23-19)20-24-17-3-2-16(11-18(17)27-20)25-9-6-22-7-10-25/h1-4,11-12,15,22H,5-10,13H2. The summed E-state index contributed by atoms with van der Waals surface area (Å²) in [5.74, 6) is 0.848. The molecule has 4 heterocycles. The molecular formula is C20H22FN5S. The summed E-state index contributed by atoms with van der Waals surface area (Å²) in [5, 5.41) is 4.37. The number of nitrogens with zero attached hydrogens (tertiary/aromatic N) is 4. The van der Waals surface area contributed by atoms with Crippen LogP contribution in [-0.4, -0.2) is 55.4 Å². The molecule has 140 valence electrons. The van der Waals surface area contributed by atoms with Gasteiger partial charge in [0.2, 0.25) is 0 Å². The number of hydrogen-bond acceptors (Lipinski definition) is 6. The Bertz CT molecular complexity index is 935. The fraction of sp³-hybridized carbons (Fsp3) is 0.400. The Kier molecular flexibility index (Phi) is 4.41. The summed E-state index contributed by atoms with van der Waals surface area (Å²) in [6.45, 7) is 5.33. The maximum Gasteiger partial charge on any atom is 0.128 e. The number of piperazine rings is 1. The number of aromatic nitrogens is 2. The Morgan fingerprint density at radius 2 is 1.96 bits per heavy atom. The second-order valence-corrected chi connectivity index (χ2v) is 8.18. The van der Waals surface area contributed by atoms with Crippen LogP contribution in [0.4, 0.5) is 15.9 Å². The number of benzene rings is 1. The van der Waals surface area contributed by atoms with Crippen molar-refractivity contribution in [2.45, 2.75) is 12.6 Å². The van der Waals surface area contributed by atoms with Gasteiger partial charge < -0.3 is 15.1 Å². The van der Waals surface area contributed by atoms with Gasteiger partial charge in [-0.25, -0.2) is 14.4 Å². The van der Waals surface area contributed by atoms with Crippen LogP contribution in [0.1, 0.15) is 6.42 Å². The highest BCUT2D eigenvalue weighted by Gasteiger charge is 2.22. The van der Waals surface area contributed by atoms with Crippen LogP contribution in [0.25, 0.3) is 20.8 Å². The van der Waals surface area contributed by atoms with Gasteiger partial charge in [0.1, 0.15) is 17.0 Å². The Hall–Kier alpha value is -2.25. The van der Waals surface area contributed by atoms with E-state index in [-0.39, 0.29) is 0 Å². The molecule has 7 heteroatoms. The summed E-state index contributed by atoms with van der Waals surface area (Å²) in [7, 11) is 0. The van der Waals surface area contributed by atoms with Crippen molar-refractivity contribution in [1.82, 2.24) is 15.3 Å². The van der Waals surface area contributed by atoms with Gasteiger partial charge in [-0.1, -0.05) is 0 Å². The van der Waals surface area contributed by atoms with Crippen molar-refractivity contribution in [3.8, 4) is 10.6 Å². The highest BCUT2D eigenvalue weighted by Crippen LogP contribution is 2.33. The molecule has 2 aliphatic rings. The molecule has 1 aromatic carbocycles. The first-order valence-corrected chi connectivity index (χ1v) is 10.3. The molecule has 0 saturated carbocycles. The lowest BCUT2D eigenvalue weighted by Gasteiger charge is -2.29. The molecule has 2 aliphatic heterocycles. The number of pyridine rings is 1. The Morgan fingerprint density at radius 3 is 2.70 bits per heavy atom.